The molecule has 0 unspecified atom stereocenters. The summed E-state index contributed by atoms with van der Waals surface area (Å²) in [7, 11) is 0. The smallest absolute Gasteiger partial charge is 0.254 e. The van der Waals surface area contributed by atoms with Crippen molar-refractivity contribution in [2.45, 2.75) is 39.2 Å². The predicted octanol–water partition coefficient (Wildman–Crippen LogP) is 3.92. The van der Waals surface area contributed by atoms with Crippen molar-refractivity contribution in [2.24, 2.45) is 0 Å². The second kappa shape index (κ2) is 8.02. The number of likely N-dealkylation sites (tertiary alicyclic amines) is 1. The lowest BCUT2D eigenvalue weighted by Gasteiger charge is -2.25. The van der Waals surface area contributed by atoms with E-state index >= 15 is 0 Å². The first-order chi connectivity index (χ1) is 13.6. The number of nitrogens with zero attached hydrogens (tertiary/aromatic N) is 5. The molecule has 1 fully saturated rings. The van der Waals surface area contributed by atoms with Crippen LogP contribution in [0.1, 0.15) is 52.7 Å². The van der Waals surface area contributed by atoms with Gasteiger partial charge in [0.1, 0.15) is 16.6 Å². The fourth-order valence-corrected chi connectivity index (χ4v) is 4.13. The number of carbonyl (C=O) groups excluding carboxylic acids is 1. The number of aromatic nitrogens is 4. The Morgan fingerprint density at radius 2 is 2.07 bits per heavy atom. The third-order valence-corrected chi connectivity index (χ3v) is 5.72. The highest BCUT2D eigenvalue weighted by molar-refractivity contribution is 7.15. The lowest BCUT2D eigenvalue weighted by atomic mass is 10.1. The predicted molar refractivity (Wildman–Crippen MR) is 109 cm³/mol. The Hall–Kier alpha value is -2.87. The molecule has 0 spiro atoms. The van der Waals surface area contributed by atoms with Crippen LogP contribution in [0.2, 0.25) is 0 Å². The summed E-state index contributed by atoms with van der Waals surface area (Å²) in [4.78, 5) is 24.0. The van der Waals surface area contributed by atoms with Crippen molar-refractivity contribution < 1.29 is 4.79 Å². The van der Waals surface area contributed by atoms with E-state index in [1.165, 1.54) is 11.3 Å². The van der Waals surface area contributed by atoms with Crippen molar-refractivity contribution >= 4 is 28.2 Å². The van der Waals surface area contributed by atoms with Crippen molar-refractivity contribution in [2.75, 3.05) is 11.9 Å². The van der Waals surface area contributed by atoms with Crippen LogP contribution in [0.15, 0.2) is 36.4 Å². The zero-order chi connectivity index (χ0) is 19.5. The molecule has 7 nitrogen and oxygen atoms in total. The standard InChI is InChI=1S/C20H22N6OS/c1-3-18-24-25-20(28-18)23-17-12-15(21-13(2)22-17)16-10-7-11-26(16)19(27)14-8-5-4-6-9-14/h4-6,8-9,12,16H,3,7,10-11H2,1-2H3,(H,21,22,23,25)/t16-/m1/s1. The molecule has 1 N–H and O–H groups in total. The van der Waals surface area contributed by atoms with Crippen LogP contribution < -0.4 is 5.32 Å². The van der Waals surface area contributed by atoms with E-state index in [1.54, 1.807) is 0 Å². The molecular weight excluding hydrogens is 372 g/mol. The Balaban J connectivity index is 1.59. The van der Waals surface area contributed by atoms with Gasteiger partial charge in [0.15, 0.2) is 0 Å². The van der Waals surface area contributed by atoms with Gasteiger partial charge in [-0.2, -0.15) is 0 Å². The van der Waals surface area contributed by atoms with E-state index in [0.29, 0.717) is 22.3 Å². The van der Waals surface area contributed by atoms with Gasteiger partial charge in [-0.3, -0.25) is 4.79 Å². The normalized spacial score (nSPS) is 16.4. The van der Waals surface area contributed by atoms with Gasteiger partial charge in [-0.25, -0.2) is 9.97 Å². The number of rotatable bonds is 5. The van der Waals surface area contributed by atoms with Gasteiger partial charge in [0.25, 0.3) is 5.91 Å². The van der Waals surface area contributed by atoms with Crippen LogP contribution in [0.25, 0.3) is 0 Å². The molecule has 28 heavy (non-hydrogen) atoms. The summed E-state index contributed by atoms with van der Waals surface area (Å²) < 4.78 is 0. The highest BCUT2D eigenvalue weighted by Crippen LogP contribution is 2.33. The molecule has 4 rings (SSSR count). The molecule has 1 amide bonds. The molecule has 3 heterocycles. The molecule has 1 aromatic carbocycles. The fraction of sp³-hybridized carbons (Fsp3) is 0.350. The number of nitrogens with one attached hydrogen (secondary N) is 1. The molecule has 1 atom stereocenters. The highest BCUT2D eigenvalue weighted by Gasteiger charge is 2.32. The van der Waals surface area contributed by atoms with Crippen molar-refractivity contribution in [3.05, 3.63) is 58.5 Å². The summed E-state index contributed by atoms with van der Waals surface area (Å²) in [6.07, 6.45) is 2.71. The summed E-state index contributed by atoms with van der Waals surface area (Å²) >= 11 is 1.52. The lowest BCUT2D eigenvalue weighted by molar-refractivity contribution is 0.0732. The summed E-state index contributed by atoms with van der Waals surface area (Å²) in [5.41, 5.74) is 1.57. The van der Waals surface area contributed by atoms with Gasteiger partial charge in [-0.15, -0.1) is 10.2 Å². The second-order valence-electron chi connectivity index (χ2n) is 6.73. The summed E-state index contributed by atoms with van der Waals surface area (Å²) in [5.74, 6) is 1.39. The molecular formula is C20H22N6OS. The third-order valence-electron chi connectivity index (χ3n) is 4.74. The Kier molecular flexibility index (Phi) is 5.29. The fourth-order valence-electron chi connectivity index (χ4n) is 3.45. The van der Waals surface area contributed by atoms with Crippen molar-refractivity contribution in [1.29, 1.82) is 0 Å². The number of amides is 1. The van der Waals surface area contributed by atoms with Gasteiger partial charge >= 0.3 is 0 Å². The van der Waals surface area contributed by atoms with Gasteiger partial charge in [-0.05, 0) is 38.3 Å². The number of carbonyl (C=O) groups is 1. The maximum atomic E-state index is 13.0. The van der Waals surface area contributed by atoms with E-state index in [2.05, 4.69) is 32.4 Å². The van der Waals surface area contributed by atoms with Gasteiger partial charge in [0.2, 0.25) is 5.13 Å². The largest absolute Gasteiger partial charge is 0.330 e. The first-order valence-electron chi connectivity index (χ1n) is 9.45. The van der Waals surface area contributed by atoms with Gasteiger partial charge in [0.05, 0.1) is 11.7 Å². The van der Waals surface area contributed by atoms with Gasteiger partial charge in [0, 0.05) is 18.2 Å². The number of hydrogen-bond acceptors (Lipinski definition) is 7. The van der Waals surface area contributed by atoms with Crippen molar-refractivity contribution in [3.63, 3.8) is 0 Å². The molecule has 1 aliphatic rings. The SMILES string of the molecule is CCc1nnc(Nc2cc([C@H]3CCCN3C(=O)c3ccccc3)nc(C)n2)s1. The van der Waals surface area contributed by atoms with Crippen LogP contribution >= 0.6 is 11.3 Å². The van der Waals surface area contributed by atoms with E-state index in [4.69, 9.17) is 0 Å². The van der Waals surface area contributed by atoms with E-state index in [0.717, 1.165) is 36.5 Å². The maximum absolute atomic E-state index is 13.0. The molecule has 1 aliphatic heterocycles. The molecule has 0 saturated carbocycles. The molecule has 144 valence electrons. The number of benzene rings is 1. The van der Waals surface area contributed by atoms with E-state index in [1.807, 2.05) is 48.2 Å². The zero-order valence-electron chi connectivity index (χ0n) is 15.9. The Morgan fingerprint density at radius 1 is 1.25 bits per heavy atom. The molecule has 8 heteroatoms. The highest BCUT2D eigenvalue weighted by atomic mass is 32.1. The summed E-state index contributed by atoms with van der Waals surface area (Å²) in [5, 5.41) is 13.2. The number of hydrogen-bond donors (Lipinski definition) is 1. The van der Waals surface area contributed by atoms with E-state index < -0.39 is 0 Å². The topological polar surface area (TPSA) is 83.9 Å². The minimum atomic E-state index is -0.0458. The first kappa shape index (κ1) is 18.5. The molecule has 1 saturated heterocycles. The van der Waals surface area contributed by atoms with Gasteiger partial charge in [-0.1, -0.05) is 36.5 Å². The maximum Gasteiger partial charge on any atom is 0.254 e. The molecule has 0 radical (unpaired) electrons. The Bertz CT molecular complexity index is 974. The monoisotopic (exact) mass is 394 g/mol. The minimum Gasteiger partial charge on any atom is -0.330 e. The van der Waals surface area contributed by atoms with Crippen LogP contribution in [-0.4, -0.2) is 37.5 Å². The van der Waals surface area contributed by atoms with Gasteiger partial charge < -0.3 is 10.2 Å². The van der Waals surface area contributed by atoms with E-state index in [9.17, 15) is 4.79 Å². The summed E-state index contributed by atoms with van der Waals surface area (Å²) in [6.45, 7) is 4.65. The first-order valence-corrected chi connectivity index (χ1v) is 10.3. The molecule has 0 bridgehead atoms. The summed E-state index contributed by atoms with van der Waals surface area (Å²) in [6, 6.07) is 11.3. The van der Waals surface area contributed by atoms with Crippen molar-refractivity contribution in [1.82, 2.24) is 25.1 Å². The van der Waals surface area contributed by atoms with Crippen LogP contribution in [-0.2, 0) is 6.42 Å². The average molecular weight is 395 g/mol. The van der Waals surface area contributed by atoms with E-state index in [-0.39, 0.29) is 11.9 Å². The number of aryl methyl sites for hydroxylation is 2. The Labute approximate surface area is 167 Å². The Morgan fingerprint density at radius 3 is 2.82 bits per heavy atom. The lowest BCUT2D eigenvalue weighted by Crippen LogP contribution is -2.31. The zero-order valence-corrected chi connectivity index (χ0v) is 16.7. The quantitative estimate of drug-likeness (QED) is 0.706. The second-order valence-corrected chi connectivity index (χ2v) is 7.79. The third kappa shape index (κ3) is 3.87. The van der Waals surface area contributed by atoms with Crippen molar-refractivity contribution in [3.8, 4) is 0 Å². The van der Waals surface area contributed by atoms with Crippen LogP contribution in [0.4, 0.5) is 10.9 Å². The van der Waals surface area contributed by atoms with Crippen LogP contribution in [0, 0.1) is 6.92 Å². The van der Waals surface area contributed by atoms with Crippen LogP contribution in [0.3, 0.4) is 0 Å². The molecule has 0 aliphatic carbocycles. The average Bonchev–Trinajstić information content (AvgIpc) is 3.37. The molecule has 2 aromatic heterocycles. The van der Waals surface area contributed by atoms with Crippen LogP contribution in [0.5, 0.6) is 0 Å². The minimum absolute atomic E-state index is 0.0458. The molecule has 3 aromatic rings. The number of anilines is 2.